The van der Waals surface area contributed by atoms with Crippen LogP contribution < -0.4 is 0 Å². The van der Waals surface area contributed by atoms with Gasteiger partial charge in [-0.2, -0.15) is 5.26 Å². The average Bonchev–Trinajstić information content (AvgIpc) is 2.54. The molecule has 22 heavy (non-hydrogen) atoms. The fourth-order valence-electron chi connectivity index (χ4n) is 3.03. The lowest BCUT2D eigenvalue weighted by molar-refractivity contribution is -0.147. The molecule has 0 radical (unpaired) electrons. The van der Waals surface area contributed by atoms with Crippen LogP contribution in [-0.4, -0.2) is 60.6 Å². The second kappa shape index (κ2) is 6.71. The molecule has 2 heterocycles. The van der Waals surface area contributed by atoms with Crippen molar-refractivity contribution in [1.29, 1.82) is 5.26 Å². The topological polar surface area (TPSA) is 79.6 Å². The molecule has 0 aromatic heterocycles. The van der Waals surface area contributed by atoms with Gasteiger partial charge in [0.05, 0.1) is 32.0 Å². The number of rotatable bonds is 3. The van der Waals surface area contributed by atoms with Gasteiger partial charge < -0.3 is 14.4 Å². The monoisotopic (exact) mass is 324 g/mol. The van der Waals surface area contributed by atoms with Gasteiger partial charge in [0.2, 0.25) is 0 Å². The summed E-state index contributed by atoms with van der Waals surface area (Å²) in [4.78, 5) is 26.6. The second-order valence-electron chi connectivity index (χ2n) is 5.37. The van der Waals surface area contributed by atoms with Gasteiger partial charge in [0.25, 0.3) is 0 Å². The number of ketones is 1. The molecule has 2 unspecified atom stereocenters. The number of carbonyl (C=O) groups excluding carboxylic acids is 2. The normalized spacial score (nSPS) is 29.0. The lowest BCUT2D eigenvalue weighted by atomic mass is 9.82. The molecule has 1 fully saturated rings. The molecule has 120 valence electrons. The molecule has 0 spiro atoms. The van der Waals surface area contributed by atoms with Crippen LogP contribution in [0.5, 0.6) is 0 Å². The summed E-state index contributed by atoms with van der Waals surface area (Å²) in [5.41, 5.74) is 1.41. The van der Waals surface area contributed by atoms with E-state index in [0.29, 0.717) is 24.5 Å². The Bertz CT molecular complexity index is 548. The minimum atomic E-state index is -1.32. The smallest absolute Gasteiger partial charge is 0.330 e. The van der Waals surface area contributed by atoms with Crippen molar-refractivity contribution in [2.75, 3.05) is 39.2 Å². The predicted molar refractivity (Wildman–Crippen MR) is 82.1 cm³/mol. The fourth-order valence-corrected chi connectivity index (χ4v) is 4.51. The van der Waals surface area contributed by atoms with Gasteiger partial charge in [0, 0.05) is 30.5 Å². The van der Waals surface area contributed by atoms with Crippen molar-refractivity contribution < 1.29 is 19.1 Å². The average molecular weight is 324 g/mol. The first-order chi connectivity index (χ1) is 10.5. The van der Waals surface area contributed by atoms with Gasteiger partial charge in [0.1, 0.15) is 0 Å². The van der Waals surface area contributed by atoms with Gasteiger partial charge in [-0.05, 0) is 6.92 Å². The zero-order valence-corrected chi connectivity index (χ0v) is 13.9. The predicted octanol–water partition coefficient (Wildman–Crippen LogP) is 0.980. The third-order valence-corrected chi connectivity index (χ3v) is 6.00. The molecule has 0 N–H and O–H groups in total. The van der Waals surface area contributed by atoms with E-state index in [1.165, 1.54) is 25.8 Å². The van der Waals surface area contributed by atoms with Crippen molar-refractivity contribution in [2.45, 2.75) is 18.6 Å². The minimum absolute atomic E-state index is 0.273. The van der Waals surface area contributed by atoms with Crippen LogP contribution in [0.25, 0.3) is 0 Å². The maximum Gasteiger partial charge on any atom is 0.330 e. The van der Waals surface area contributed by atoms with Gasteiger partial charge in [-0.15, -0.1) is 11.8 Å². The molecular weight excluding hydrogens is 304 g/mol. The number of hydrogen-bond donors (Lipinski definition) is 0. The van der Waals surface area contributed by atoms with Crippen molar-refractivity contribution in [1.82, 2.24) is 4.90 Å². The molecule has 0 aliphatic carbocycles. The largest absolute Gasteiger partial charge is 0.468 e. The van der Waals surface area contributed by atoms with Crippen LogP contribution in [0.15, 0.2) is 11.3 Å². The van der Waals surface area contributed by atoms with Crippen LogP contribution in [-0.2, 0) is 19.1 Å². The Labute approximate surface area is 134 Å². The number of hydrogen-bond acceptors (Lipinski definition) is 7. The van der Waals surface area contributed by atoms with Crippen molar-refractivity contribution in [3.8, 4) is 6.07 Å². The van der Waals surface area contributed by atoms with Crippen LogP contribution in [0.1, 0.15) is 13.8 Å². The summed E-state index contributed by atoms with van der Waals surface area (Å²) in [6.07, 6.45) is 0. The summed E-state index contributed by atoms with van der Waals surface area (Å²) in [5, 5.41) is 9.59. The van der Waals surface area contributed by atoms with E-state index < -0.39 is 16.6 Å². The molecule has 2 atom stereocenters. The van der Waals surface area contributed by atoms with Gasteiger partial charge in [-0.1, -0.05) is 6.92 Å². The Morgan fingerprint density at radius 1 is 1.45 bits per heavy atom. The molecule has 0 saturated carbocycles. The number of nitrogens with zero attached hydrogens (tertiary/aromatic N) is 2. The maximum atomic E-state index is 12.3. The Hall–Kier alpha value is -1.52. The molecule has 0 aromatic rings. The van der Waals surface area contributed by atoms with Crippen LogP contribution in [0.4, 0.5) is 0 Å². The summed E-state index contributed by atoms with van der Waals surface area (Å²) >= 11 is 1.26. The summed E-state index contributed by atoms with van der Waals surface area (Å²) in [6, 6.07) is 2.21. The zero-order chi connectivity index (χ0) is 16.3. The van der Waals surface area contributed by atoms with Crippen molar-refractivity contribution in [3.05, 3.63) is 11.3 Å². The van der Waals surface area contributed by atoms with E-state index in [9.17, 15) is 14.9 Å². The van der Waals surface area contributed by atoms with E-state index in [1.807, 2.05) is 0 Å². The van der Waals surface area contributed by atoms with Crippen LogP contribution in [0, 0.1) is 17.2 Å². The summed E-state index contributed by atoms with van der Waals surface area (Å²) in [6.45, 7) is 5.82. The molecular formula is C15H20N2O4S. The first-order valence-corrected chi connectivity index (χ1v) is 8.16. The number of esters is 1. The number of morpholine rings is 1. The Morgan fingerprint density at radius 2 is 2.09 bits per heavy atom. The van der Waals surface area contributed by atoms with Gasteiger partial charge in [-0.25, -0.2) is 0 Å². The highest BCUT2D eigenvalue weighted by atomic mass is 32.2. The molecule has 6 nitrogen and oxygen atoms in total. The Balaban J connectivity index is 2.44. The van der Waals surface area contributed by atoms with E-state index in [4.69, 9.17) is 9.47 Å². The summed E-state index contributed by atoms with van der Waals surface area (Å²) in [5.74, 6) is -0.919. The lowest BCUT2D eigenvalue weighted by Crippen LogP contribution is -2.53. The van der Waals surface area contributed by atoms with E-state index in [-0.39, 0.29) is 5.78 Å². The Kier molecular flexibility index (Phi) is 5.14. The number of methoxy groups -OCH3 is 1. The van der Waals surface area contributed by atoms with Crippen LogP contribution >= 0.6 is 11.8 Å². The number of thioether (sulfide) groups is 1. The number of carbonyl (C=O) groups is 2. The highest BCUT2D eigenvalue weighted by Crippen LogP contribution is 2.46. The number of Topliss-reactive ketones (excluding diaryl/α,β-unsaturated/α-hetero) is 1. The molecule has 2 aliphatic rings. The van der Waals surface area contributed by atoms with Crippen LogP contribution in [0.3, 0.4) is 0 Å². The summed E-state index contributed by atoms with van der Waals surface area (Å²) in [7, 11) is 1.27. The van der Waals surface area contributed by atoms with Gasteiger partial charge in [0.15, 0.2) is 10.5 Å². The Morgan fingerprint density at radius 3 is 2.59 bits per heavy atom. The number of allylic oxidation sites excluding steroid dienone is 1. The SMILES string of the molecule is COC(=O)C1(C(C)=O)SCC(N2CCOCC2)=C(C#N)C1C. The van der Waals surface area contributed by atoms with Crippen molar-refractivity contribution >= 4 is 23.5 Å². The van der Waals surface area contributed by atoms with E-state index in [0.717, 1.165) is 18.8 Å². The number of nitriles is 1. The standard InChI is InChI=1S/C15H20N2O4S/c1-10-12(8-16)13(17-4-6-21-7-5-17)9-22-15(10,11(2)18)14(19)20-3/h10H,4-7,9H2,1-3H3. The first kappa shape index (κ1) is 16.8. The third kappa shape index (κ3) is 2.61. The van der Waals surface area contributed by atoms with Crippen molar-refractivity contribution in [2.24, 2.45) is 5.92 Å². The highest BCUT2D eigenvalue weighted by molar-refractivity contribution is 8.02. The second-order valence-corrected chi connectivity index (χ2v) is 6.59. The van der Waals surface area contributed by atoms with E-state index >= 15 is 0 Å². The van der Waals surface area contributed by atoms with Crippen LogP contribution in [0.2, 0.25) is 0 Å². The summed E-state index contributed by atoms with van der Waals surface area (Å²) < 4.78 is 8.87. The van der Waals surface area contributed by atoms with Gasteiger partial charge >= 0.3 is 5.97 Å². The first-order valence-electron chi connectivity index (χ1n) is 7.18. The molecule has 0 aromatic carbocycles. The van der Waals surface area contributed by atoms with E-state index in [1.54, 1.807) is 6.92 Å². The van der Waals surface area contributed by atoms with E-state index in [2.05, 4.69) is 11.0 Å². The highest BCUT2D eigenvalue weighted by Gasteiger charge is 2.54. The third-order valence-electron chi connectivity index (χ3n) is 4.32. The lowest BCUT2D eigenvalue weighted by Gasteiger charge is -2.41. The molecule has 0 bridgehead atoms. The fraction of sp³-hybridized carbons (Fsp3) is 0.667. The molecule has 7 heteroatoms. The molecule has 2 aliphatic heterocycles. The van der Waals surface area contributed by atoms with Gasteiger partial charge in [-0.3, -0.25) is 9.59 Å². The maximum absolute atomic E-state index is 12.3. The molecule has 2 rings (SSSR count). The quantitative estimate of drug-likeness (QED) is 0.565. The minimum Gasteiger partial charge on any atom is -0.468 e. The molecule has 0 amide bonds. The zero-order valence-electron chi connectivity index (χ0n) is 13.0. The van der Waals surface area contributed by atoms with Crippen molar-refractivity contribution in [3.63, 3.8) is 0 Å². The number of ether oxygens (including phenoxy) is 2. The molecule has 1 saturated heterocycles.